The molecule has 0 aromatic heterocycles. The van der Waals surface area contributed by atoms with Crippen molar-refractivity contribution in [3.63, 3.8) is 0 Å². The third-order valence-corrected chi connectivity index (χ3v) is 12.1. The van der Waals surface area contributed by atoms with Crippen LogP contribution in [0.3, 0.4) is 0 Å². The molecule has 1 saturated carbocycles. The molecule has 52 heavy (non-hydrogen) atoms. The van der Waals surface area contributed by atoms with Gasteiger partial charge in [-0.25, -0.2) is 13.2 Å². The fourth-order valence-electron chi connectivity index (χ4n) is 7.65. The second-order valence-electron chi connectivity index (χ2n) is 16.3. The number of fused-ring (bicyclic) bond motifs is 3. The minimum atomic E-state index is -3.92. The number of alkyl carbamates (subject to hydrolysis) is 1. The summed E-state index contributed by atoms with van der Waals surface area (Å²) < 4.78 is 37.1. The molecule has 1 aromatic carbocycles. The van der Waals surface area contributed by atoms with E-state index < -0.39 is 69.4 Å². The maximum absolute atomic E-state index is 14.4. The molecule has 1 aromatic rings. The zero-order chi connectivity index (χ0) is 38.4. The fourth-order valence-corrected chi connectivity index (χ4v) is 8.70. The molecule has 5 unspecified atom stereocenters. The molecule has 2 aliphatic heterocycles. The predicted molar refractivity (Wildman–Crippen MR) is 194 cm³/mol. The Bertz CT molecular complexity index is 1570. The molecule has 3 aliphatic rings. The molecule has 4 amide bonds. The molecule has 1 aliphatic carbocycles. The van der Waals surface area contributed by atoms with Gasteiger partial charge in [0.25, 0.3) is 5.91 Å². The van der Waals surface area contributed by atoms with Gasteiger partial charge in [-0.1, -0.05) is 82.9 Å². The molecule has 4 rings (SSSR count). The Labute approximate surface area is 308 Å². The number of hydrogen-bond acceptors (Lipinski definition) is 9. The first-order valence-corrected chi connectivity index (χ1v) is 20.3. The largest absolute Gasteiger partial charge is 0.450 e. The molecule has 0 bridgehead atoms. The van der Waals surface area contributed by atoms with Crippen molar-refractivity contribution in [2.45, 2.75) is 147 Å². The van der Waals surface area contributed by atoms with Crippen LogP contribution in [0.15, 0.2) is 29.2 Å². The van der Waals surface area contributed by atoms with Crippen LogP contribution in [-0.2, 0) is 38.5 Å². The molecule has 3 N–H and O–H groups in total. The Balaban J connectivity index is 1.61. The van der Waals surface area contributed by atoms with Crippen molar-refractivity contribution in [1.82, 2.24) is 20.9 Å². The average Bonchev–Trinajstić information content (AvgIpc) is 3.35. The molecule has 0 radical (unpaired) electrons. The van der Waals surface area contributed by atoms with Crippen LogP contribution in [-0.4, -0.2) is 85.4 Å². The van der Waals surface area contributed by atoms with Gasteiger partial charge < -0.3 is 30.3 Å². The summed E-state index contributed by atoms with van der Waals surface area (Å²) >= 11 is 0. The molecular weight excluding hydrogens is 689 g/mol. The Kier molecular flexibility index (Phi) is 13.4. The minimum Gasteiger partial charge on any atom is -0.450 e. The van der Waals surface area contributed by atoms with Crippen LogP contribution >= 0.6 is 0 Å². The molecule has 3 fully saturated rings. The standard InChI is InChI=1S/C38H58N4O9S/c1-24-18-20-26(21-19-24)52(48,49)23-39-34(45)32(50-25(2)43)28-16-14-12-10-8-9-11-13-15-17-29(41-36(47)51-37(3,4)5)35(46)42-22-27-30(38(27,6)7)31(42)33(44)40-28/h18-21,27-32H,8-17,22-23H2,1-7H3,(H,39,45)(H,40,44)(H,41,47)/t27?,28?,29-,30?,31?,32?/m0/s1. The highest BCUT2D eigenvalue weighted by Gasteiger charge is 2.69. The fraction of sp³-hybridized carbons (Fsp3) is 0.711. The quantitative estimate of drug-likeness (QED) is 0.338. The summed E-state index contributed by atoms with van der Waals surface area (Å²) in [5.74, 6) is -3.33. The van der Waals surface area contributed by atoms with E-state index in [9.17, 15) is 32.4 Å². The van der Waals surface area contributed by atoms with Crippen LogP contribution < -0.4 is 16.0 Å². The van der Waals surface area contributed by atoms with Crippen LogP contribution in [0.5, 0.6) is 0 Å². The molecule has 2 heterocycles. The topological polar surface area (TPSA) is 177 Å². The van der Waals surface area contributed by atoms with Gasteiger partial charge in [-0.3, -0.25) is 19.2 Å². The summed E-state index contributed by atoms with van der Waals surface area (Å²) in [7, 11) is -3.92. The number of benzene rings is 1. The number of carbonyl (C=O) groups is 5. The average molecular weight is 747 g/mol. The van der Waals surface area contributed by atoms with Gasteiger partial charge in [0, 0.05) is 13.5 Å². The second-order valence-corrected chi connectivity index (χ2v) is 18.2. The SMILES string of the molecule is CC(=O)OC(C(=O)NCS(=O)(=O)c1ccc(C)cc1)C1CCCCCCCCCC[C@H](NC(=O)OC(C)(C)C)C(=O)N2CC3C(C2C(=O)N1)C3(C)C. The van der Waals surface area contributed by atoms with Gasteiger partial charge in [-0.05, 0) is 69.9 Å². The van der Waals surface area contributed by atoms with Gasteiger partial charge in [0.15, 0.2) is 15.9 Å². The van der Waals surface area contributed by atoms with E-state index in [0.717, 1.165) is 57.4 Å². The van der Waals surface area contributed by atoms with Gasteiger partial charge in [0.05, 0.1) is 10.9 Å². The van der Waals surface area contributed by atoms with E-state index in [0.29, 0.717) is 19.4 Å². The first kappa shape index (κ1) is 41.1. The summed E-state index contributed by atoms with van der Waals surface area (Å²) in [4.78, 5) is 69.2. The van der Waals surface area contributed by atoms with E-state index >= 15 is 0 Å². The predicted octanol–water partition coefficient (Wildman–Crippen LogP) is 4.55. The van der Waals surface area contributed by atoms with Gasteiger partial charge in [0.1, 0.15) is 23.6 Å². The number of aryl methyl sites for hydroxylation is 1. The van der Waals surface area contributed by atoms with Crippen LogP contribution in [0, 0.1) is 24.2 Å². The molecular formula is C38H58N4O9S. The Morgan fingerprint density at radius 3 is 2.12 bits per heavy atom. The summed E-state index contributed by atoms with van der Waals surface area (Å²) in [5.41, 5.74) is -0.114. The van der Waals surface area contributed by atoms with Crippen LogP contribution in [0.25, 0.3) is 0 Å². The lowest BCUT2D eigenvalue weighted by Crippen LogP contribution is -2.59. The van der Waals surface area contributed by atoms with E-state index in [1.807, 2.05) is 6.92 Å². The third kappa shape index (κ3) is 10.7. The van der Waals surface area contributed by atoms with Crippen molar-refractivity contribution in [3.8, 4) is 0 Å². The molecule has 14 heteroatoms. The van der Waals surface area contributed by atoms with E-state index in [1.54, 1.807) is 37.8 Å². The van der Waals surface area contributed by atoms with E-state index in [2.05, 4.69) is 29.8 Å². The van der Waals surface area contributed by atoms with Crippen LogP contribution in [0.4, 0.5) is 4.79 Å². The van der Waals surface area contributed by atoms with Crippen molar-refractivity contribution in [2.24, 2.45) is 17.3 Å². The Morgan fingerprint density at radius 1 is 0.962 bits per heavy atom. The van der Waals surface area contributed by atoms with Gasteiger partial charge in [0.2, 0.25) is 11.8 Å². The lowest BCUT2D eigenvalue weighted by molar-refractivity contribution is -0.157. The molecule has 290 valence electrons. The lowest BCUT2D eigenvalue weighted by atomic mass is 9.97. The van der Waals surface area contributed by atoms with Crippen molar-refractivity contribution >= 4 is 39.6 Å². The highest BCUT2D eigenvalue weighted by molar-refractivity contribution is 7.91. The monoisotopic (exact) mass is 746 g/mol. The number of amides is 4. The highest BCUT2D eigenvalue weighted by Crippen LogP contribution is 2.65. The second kappa shape index (κ2) is 17.0. The van der Waals surface area contributed by atoms with Gasteiger partial charge in [-0.15, -0.1) is 0 Å². The number of nitrogens with one attached hydrogen (secondary N) is 3. The lowest BCUT2D eigenvalue weighted by Gasteiger charge is -2.35. The highest BCUT2D eigenvalue weighted by atomic mass is 32.2. The maximum atomic E-state index is 14.4. The summed E-state index contributed by atoms with van der Waals surface area (Å²) in [6.45, 7) is 12.7. The Hall–Kier alpha value is -3.68. The number of esters is 1. The van der Waals surface area contributed by atoms with Crippen molar-refractivity contribution in [2.75, 3.05) is 12.4 Å². The van der Waals surface area contributed by atoms with Crippen LogP contribution in [0.2, 0.25) is 0 Å². The van der Waals surface area contributed by atoms with Crippen molar-refractivity contribution in [3.05, 3.63) is 29.8 Å². The zero-order valence-electron chi connectivity index (χ0n) is 31.8. The number of carbonyl (C=O) groups excluding carboxylic acids is 5. The van der Waals surface area contributed by atoms with Crippen molar-refractivity contribution in [1.29, 1.82) is 0 Å². The number of hydrogen-bond donors (Lipinski definition) is 3. The number of ether oxygens (including phenoxy) is 2. The minimum absolute atomic E-state index is 0.0308. The van der Waals surface area contributed by atoms with E-state index in [4.69, 9.17) is 9.47 Å². The first-order chi connectivity index (χ1) is 24.3. The third-order valence-electron chi connectivity index (χ3n) is 10.6. The summed E-state index contributed by atoms with van der Waals surface area (Å²) in [6, 6.07) is 3.45. The number of sulfone groups is 1. The van der Waals surface area contributed by atoms with Gasteiger partial charge in [-0.2, -0.15) is 0 Å². The number of piperidine rings is 1. The normalized spacial score (nSPS) is 26.4. The van der Waals surface area contributed by atoms with Crippen molar-refractivity contribution < 1.29 is 41.9 Å². The number of nitrogens with zero attached hydrogens (tertiary/aromatic N) is 1. The molecule has 0 spiro atoms. The summed E-state index contributed by atoms with van der Waals surface area (Å²) in [6.07, 6.45) is 5.37. The zero-order valence-corrected chi connectivity index (χ0v) is 32.6. The number of rotatable bonds is 7. The van der Waals surface area contributed by atoms with Gasteiger partial charge >= 0.3 is 12.1 Å². The molecule has 2 saturated heterocycles. The van der Waals surface area contributed by atoms with E-state index in [-0.39, 0.29) is 34.5 Å². The van der Waals surface area contributed by atoms with E-state index in [1.165, 1.54) is 12.1 Å². The first-order valence-electron chi connectivity index (χ1n) is 18.7. The molecule has 13 nitrogen and oxygen atoms in total. The molecule has 6 atom stereocenters. The maximum Gasteiger partial charge on any atom is 0.408 e. The van der Waals surface area contributed by atoms with Crippen LogP contribution in [0.1, 0.15) is 111 Å². The summed E-state index contributed by atoms with van der Waals surface area (Å²) in [5, 5.41) is 8.18. The smallest absolute Gasteiger partial charge is 0.408 e. The Morgan fingerprint density at radius 2 is 1.54 bits per heavy atom.